The second-order valence-electron chi connectivity index (χ2n) is 8.59. The van der Waals surface area contributed by atoms with Crippen LogP contribution in [0.15, 0.2) is 77.3 Å². The van der Waals surface area contributed by atoms with E-state index in [1.54, 1.807) is 4.68 Å². The molecule has 0 aliphatic carbocycles. The average Bonchev–Trinajstić information content (AvgIpc) is 3.49. The third kappa shape index (κ3) is 3.55. The van der Waals surface area contributed by atoms with Gasteiger partial charge in [0.25, 0.3) is 5.89 Å². The molecule has 0 spiro atoms. The zero-order chi connectivity index (χ0) is 23.1. The molecule has 3 heterocycles. The molecule has 0 fully saturated rings. The third-order valence-corrected chi connectivity index (χ3v) is 6.26. The lowest BCUT2D eigenvalue weighted by molar-refractivity contribution is -0.119. The summed E-state index contributed by atoms with van der Waals surface area (Å²) in [7, 11) is 0. The van der Waals surface area contributed by atoms with Crippen LogP contribution in [-0.4, -0.2) is 32.4 Å². The predicted octanol–water partition coefficient (Wildman–Crippen LogP) is 5.04. The lowest BCUT2D eigenvalue weighted by atomic mass is 10.0. The van der Waals surface area contributed by atoms with E-state index in [-0.39, 0.29) is 12.5 Å². The van der Waals surface area contributed by atoms with Crippen LogP contribution in [-0.2, 0) is 17.8 Å². The maximum absolute atomic E-state index is 13.4. The zero-order valence-electron chi connectivity index (χ0n) is 18.8. The summed E-state index contributed by atoms with van der Waals surface area (Å²) in [6.45, 7) is 2.87. The fourth-order valence-electron chi connectivity index (χ4n) is 4.63. The van der Waals surface area contributed by atoms with E-state index >= 15 is 0 Å². The number of benzene rings is 3. The van der Waals surface area contributed by atoms with Crippen molar-refractivity contribution in [3.8, 4) is 23.0 Å². The topological polar surface area (TPSA) is 77.0 Å². The van der Waals surface area contributed by atoms with Gasteiger partial charge in [0.2, 0.25) is 11.7 Å². The first kappa shape index (κ1) is 20.4. The summed E-state index contributed by atoms with van der Waals surface area (Å²) < 4.78 is 7.34. The Balaban J connectivity index is 1.35. The molecular weight excluding hydrogens is 426 g/mol. The normalized spacial score (nSPS) is 13.3. The van der Waals surface area contributed by atoms with E-state index in [2.05, 4.69) is 16.2 Å². The Morgan fingerprint density at radius 2 is 1.88 bits per heavy atom. The van der Waals surface area contributed by atoms with Crippen molar-refractivity contribution in [2.45, 2.75) is 26.3 Å². The van der Waals surface area contributed by atoms with Crippen LogP contribution in [0.4, 0.5) is 5.69 Å². The molecule has 1 aliphatic rings. The maximum atomic E-state index is 13.4. The van der Waals surface area contributed by atoms with Crippen LogP contribution in [0.1, 0.15) is 17.5 Å². The molecule has 6 rings (SSSR count). The van der Waals surface area contributed by atoms with Crippen LogP contribution in [0.5, 0.6) is 0 Å². The van der Waals surface area contributed by atoms with Gasteiger partial charge in [-0.25, -0.2) is 0 Å². The summed E-state index contributed by atoms with van der Waals surface area (Å²) >= 11 is 0. The van der Waals surface area contributed by atoms with E-state index in [1.165, 1.54) is 5.56 Å². The molecule has 1 aliphatic heterocycles. The number of rotatable bonds is 4. The standard InChI is InChI=1S/C27H23N5O2/c1-18-8-6-10-20(16-18)26-28-27(34-30-26)25-21-12-3-5-14-23(21)32(29-25)17-24(33)31-15-7-11-19-9-2-4-13-22(19)31/h2-6,8-10,12-14,16H,7,11,15,17H2,1H3. The molecule has 0 bridgehead atoms. The van der Waals surface area contributed by atoms with Gasteiger partial charge in [-0.3, -0.25) is 9.48 Å². The van der Waals surface area contributed by atoms with Gasteiger partial charge in [0, 0.05) is 23.2 Å². The van der Waals surface area contributed by atoms with Crippen molar-refractivity contribution < 1.29 is 9.32 Å². The van der Waals surface area contributed by atoms with Gasteiger partial charge in [0.05, 0.1) is 5.52 Å². The van der Waals surface area contributed by atoms with Crippen molar-refractivity contribution in [3.05, 3.63) is 83.9 Å². The van der Waals surface area contributed by atoms with Crippen molar-refractivity contribution in [2.24, 2.45) is 0 Å². The Morgan fingerprint density at radius 1 is 1.03 bits per heavy atom. The van der Waals surface area contributed by atoms with Crippen molar-refractivity contribution in [2.75, 3.05) is 11.4 Å². The quantitative estimate of drug-likeness (QED) is 0.384. The Kier molecular flexibility index (Phi) is 4.95. The fourth-order valence-corrected chi connectivity index (χ4v) is 4.63. The molecule has 0 N–H and O–H groups in total. The van der Waals surface area contributed by atoms with E-state index < -0.39 is 0 Å². The van der Waals surface area contributed by atoms with E-state index in [4.69, 9.17) is 9.62 Å². The van der Waals surface area contributed by atoms with Crippen molar-refractivity contribution in [1.29, 1.82) is 0 Å². The number of carbonyl (C=O) groups excluding carboxylic acids is 1. The molecule has 0 unspecified atom stereocenters. The number of anilines is 1. The number of amides is 1. The molecule has 34 heavy (non-hydrogen) atoms. The van der Waals surface area contributed by atoms with Gasteiger partial charge >= 0.3 is 0 Å². The van der Waals surface area contributed by atoms with Gasteiger partial charge in [0.15, 0.2) is 5.69 Å². The summed E-state index contributed by atoms with van der Waals surface area (Å²) in [4.78, 5) is 19.8. The molecule has 0 atom stereocenters. The van der Waals surface area contributed by atoms with Crippen molar-refractivity contribution in [1.82, 2.24) is 19.9 Å². The first-order valence-electron chi connectivity index (χ1n) is 11.4. The monoisotopic (exact) mass is 449 g/mol. The number of nitrogens with zero attached hydrogens (tertiary/aromatic N) is 5. The molecule has 168 valence electrons. The first-order valence-corrected chi connectivity index (χ1v) is 11.4. The number of hydrogen-bond acceptors (Lipinski definition) is 5. The van der Waals surface area contributed by atoms with Crippen molar-refractivity contribution >= 4 is 22.5 Å². The number of aryl methyl sites for hydroxylation is 2. The van der Waals surface area contributed by atoms with Gasteiger partial charge < -0.3 is 9.42 Å². The predicted molar refractivity (Wildman–Crippen MR) is 130 cm³/mol. The highest BCUT2D eigenvalue weighted by atomic mass is 16.5. The molecule has 1 amide bonds. The average molecular weight is 450 g/mol. The highest BCUT2D eigenvalue weighted by molar-refractivity contribution is 5.97. The van der Waals surface area contributed by atoms with E-state index in [0.29, 0.717) is 24.0 Å². The van der Waals surface area contributed by atoms with Crippen LogP contribution in [0.25, 0.3) is 33.9 Å². The Labute approximate surface area is 196 Å². The van der Waals surface area contributed by atoms with Gasteiger partial charge in [-0.1, -0.05) is 65.3 Å². The minimum absolute atomic E-state index is 0.0120. The molecule has 2 aromatic heterocycles. The molecular formula is C27H23N5O2. The van der Waals surface area contributed by atoms with Crippen LogP contribution in [0.2, 0.25) is 0 Å². The largest absolute Gasteiger partial charge is 0.332 e. The number of aromatic nitrogens is 4. The second kappa shape index (κ2) is 8.26. The Bertz CT molecular complexity index is 1520. The van der Waals surface area contributed by atoms with Gasteiger partial charge in [-0.05, 0) is 43.5 Å². The zero-order valence-corrected chi connectivity index (χ0v) is 18.8. The molecule has 0 radical (unpaired) electrons. The fraction of sp³-hybridized carbons (Fsp3) is 0.185. The smallest absolute Gasteiger partial charge is 0.279 e. The van der Waals surface area contributed by atoms with Gasteiger partial charge in [-0.15, -0.1) is 0 Å². The summed E-state index contributed by atoms with van der Waals surface area (Å²) in [5.41, 5.74) is 5.65. The number of carbonyl (C=O) groups is 1. The molecule has 0 saturated heterocycles. The summed E-state index contributed by atoms with van der Waals surface area (Å²) in [5.74, 6) is 0.860. The SMILES string of the molecule is Cc1cccc(-c2noc(-c3nn(CC(=O)N4CCCc5ccccc54)c4ccccc34)n2)c1. The van der Waals surface area contributed by atoms with Gasteiger partial charge in [-0.2, -0.15) is 10.1 Å². The van der Waals surface area contributed by atoms with Crippen LogP contribution in [0, 0.1) is 6.92 Å². The van der Waals surface area contributed by atoms with E-state index in [9.17, 15) is 4.79 Å². The van der Waals surface area contributed by atoms with Crippen LogP contribution < -0.4 is 4.90 Å². The minimum atomic E-state index is 0.0120. The van der Waals surface area contributed by atoms with Crippen LogP contribution >= 0.6 is 0 Å². The van der Waals surface area contributed by atoms with E-state index in [0.717, 1.165) is 40.6 Å². The second-order valence-corrected chi connectivity index (χ2v) is 8.59. The van der Waals surface area contributed by atoms with Crippen LogP contribution in [0.3, 0.4) is 0 Å². The summed E-state index contributed by atoms with van der Waals surface area (Å²) in [6.07, 6.45) is 1.95. The lowest BCUT2D eigenvalue weighted by Crippen LogP contribution is -2.37. The molecule has 0 saturated carbocycles. The molecule has 7 nitrogen and oxygen atoms in total. The Morgan fingerprint density at radius 3 is 2.79 bits per heavy atom. The molecule has 7 heteroatoms. The van der Waals surface area contributed by atoms with Gasteiger partial charge in [0.1, 0.15) is 6.54 Å². The Hall–Kier alpha value is -4.26. The van der Waals surface area contributed by atoms with E-state index in [1.807, 2.05) is 78.6 Å². The molecule has 3 aromatic carbocycles. The first-order chi connectivity index (χ1) is 16.7. The minimum Gasteiger partial charge on any atom is -0.332 e. The lowest BCUT2D eigenvalue weighted by Gasteiger charge is -2.29. The number of para-hydroxylation sites is 2. The molecule has 5 aromatic rings. The summed E-state index contributed by atoms with van der Waals surface area (Å²) in [5, 5.41) is 9.79. The highest BCUT2D eigenvalue weighted by Crippen LogP contribution is 2.30. The third-order valence-electron chi connectivity index (χ3n) is 6.26. The summed E-state index contributed by atoms with van der Waals surface area (Å²) in [6, 6.07) is 23.9. The van der Waals surface area contributed by atoms with Crippen molar-refractivity contribution in [3.63, 3.8) is 0 Å². The number of fused-ring (bicyclic) bond motifs is 2. The maximum Gasteiger partial charge on any atom is 0.279 e. The number of hydrogen-bond donors (Lipinski definition) is 0. The highest BCUT2D eigenvalue weighted by Gasteiger charge is 2.25.